The van der Waals surface area contributed by atoms with E-state index in [2.05, 4.69) is 16.8 Å². The quantitative estimate of drug-likeness (QED) is 0.800. The number of nitrogens with one attached hydrogen (secondary N) is 1. The lowest BCUT2D eigenvalue weighted by Crippen LogP contribution is -2.24. The number of sulfone groups is 1. The van der Waals surface area contributed by atoms with E-state index in [-0.39, 0.29) is 5.75 Å². The lowest BCUT2D eigenvalue weighted by molar-refractivity contribution is 0.591. The fourth-order valence-electron chi connectivity index (χ4n) is 1.86. The van der Waals surface area contributed by atoms with E-state index in [0.717, 1.165) is 18.5 Å². The van der Waals surface area contributed by atoms with Crippen molar-refractivity contribution in [3.63, 3.8) is 0 Å². The van der Waals surface area contributed by atoms with Crippen LogP contribution in [-0.2, 0) is 16.3 Å². The zero-order valence-corrected chi connectivity index (χ0v) is 13.1. The summed E-state index contributed by atoms with van der Waals surface area (Å²) < 4.78 is 24.2. The van der Waals surface area contributed by atoms with Gasteiger partial charge in [-0.25, -0.2) is 8.42 Å². The Morgan fingerprint density at radius 2 is 1.85 bits per heavy atom. The molecule has 1 aromatic carbocycles. The van der Waals surface area contributed by atoms with Gasteiger partial charge in [0.2, 0.25) is 0 Å². The molecule has 1 aromatic heterocycles. The summed E-state index contributed by atoms with van der Waals surface area (Å²) in [5.74, 6) is 0.139. The van der Waals surface area contributed by atoms with Gasteiger partial charge >= 0.3 is 0 Å². The van der Waals surface area contributed by atoms with Gasteiger partial charge in [0.05, 0.1) is 10.6 Å². The first-order valence-electron chi connectivity index (χ1n) is 6.60. The summed E-state index contributed by atoms with van der Waals surface area (Å²) in [5, 5.41) is 5.24. The number of benzene rings is 1. The Morgan fingerprint density at radius 1 is 1.10 bits per heavy atom. The van der Waals surface area contributed by atoms with Crippen molar-refractivity contribution in [3.05, 3.63) is 52.2 Å². The molecule has 0 unspecified atom stereocenters. The second-order valence-electron chi connectivity index (χ2n) is 4.71. The van der Waals surface area contributed by atoms with Crippen LogP contribution < -0.4 is 5.32 Å². The Bertz CT molecular complexity index is 616. The van der Waals surface area contributed by atoms with Crippen molar-refractivity contribution in [3.8, 4) is 0 Å². The summed E-state index contributed by atoms with van der Waals surface area (Å²) >= 11 is 1.73. The summed E-state index contributed by atoms with van der Waals surface area (Å²) in [6.45, 7) is 3.24. The highest BCUT2D eigenvalue weighted by Gasteiger charge is 2.13. The first-order chi connectivity index (χ1) is 9.58. The average molecular weight is 309 g/mol. The van der Waals surface area contributed by atoms with Crippen LogP contribution in [0.25, 0.3) is 0 Å². The van der Waals surface area contributed by atoms with Crippen LogP contribution in [0.3, 0.4) is 0 Å². The summed E-state index contributed by atoms with van der Waals surface area (Å²) in [7, 11) is -3.17. The third-order valence-corrected chi connectivity index (χ3v) is 5.72. The van der Waals surface area contributed by atoms with E-state index >= 15 is 0 Å². The van der Waals surface area contributed by atoms with Crippen molar-refractivity contribution in [2.75, 3.05) is 18.8 Å². The predicted molar refractivity (Wildman–Crippen MR) is 84.1 cm³/mol. The lowest BCUT2D eigenvalue weighted by atomic mass is 10.2. The first-order valence-corrected chi connectivity index (χ1v) is 9.14. The van der Waals surface area contributed by atoms with Crippen LogP contribution in [0.2, 0.25) is 0 Å². The number of thiophene rings is 1. The summed E-state index contributed by atoms with van der Waals surface area (Å²) in [5.41, 5.74) is 1.07. The highest BCUT2D eigenvalue weighted by Crippen LogP contribution is 2.12. The van der Waals surface area contributed by atoms with Crippen molar-refractivity contribution < 1.29 is 8.42 Å². The van der Waals surface area contributed by atoms with E-state index in [1.165, 1.54) is 4.88 Å². The molecule has 0 spiro atoms. The van der Waals surface area contributed by atoms with Crippen molar-refractivity contribution in [1.29, 1.82) is 0 Å². The van der Waals surface area contributed by atoms with E-state index in [1.807, 2.05) is 25.1 Å². The third kappa shape index (κ3) is 4.44. The monoisotopic (exact) mass is 309 g/mol. The molecule has 5 heteroatoms. The molecular weight excluding hydrogens is 290 g/mol. The van der Waals surface area contributed by atoms with E-state index in [1.54, 1.807) is 23.5 Å². The molecule has 0 saturated heterocycles. The fraction of sp³-hybridized carbons (Fsp3) is 0.333. The predicted octanol–water partition coefficient (Wildman–Crippen LogP) is 2.66. The van der Waals surface area contributed by atoms with Gasteiger partial charge in [0.1, 0.15) is 0 Å². The molecule has 0 saturated carbocycles. The molecule has 108 valence electrons. The Kier molecular flexibility index (Phi) is 5.34. The van der Waals surface area contributed by atoms with E-state index in [9.17, 15) is 8.42 Å². The summed E-state index contributed by atoms with van der Waals surface area (Å²) in [6.07, 6.45) is 0.947. The molecule has 2 aromatic rings. The fourth-order valence-corrected chi connectivity index (χ4v) is 3.77. The highest BCUT2D eigenvalue weighted by molar-refractivity contribution is 7.91. The Labute approximate surface area is 124 Å². The van der Waals surface area contributed by atoms with Crippen molar-refractivity contribution in [2.45, 2.75) is 18.2 Å². The van der Waals surface area contributed by atoms with Crippen molar-refractivity contribution >= 4 is 21.2 Å². The van der Waals surface area contributed by atoms with Gasteiger partial charge in [-0.1, -0.05) is 23.8 Å². The van der Waals surface area contributed by atoms with Crippen LogP contribution in [0.15, 0.2) is 46.7 Å². The van der Waals surface area contributed by atoms with Gasteiger partial charge in [0.25, 0.3) is 0 Å². The van der Waals surface area contributed by atoms with Crippen LogP contribution in [0.4, 0.5) is 0 Å². The van der Waals surface area contributed by atoms with Gasteiger partial charge in [-0.3, -0.25) is 0 Å². The molecule has 2 rings (SSSR count). The lowest BCUT2D eigenvalue weighted by Gasteiger charge is -2.06. The smallest absolute Gasteiger partial charge is 0.179 e. The largest absolute Gasteiger partial charge is 0.315 e. The SMILES string of the molecule is Cc1ccc(S(=O)(=O)CCNCCc2cccs2)cc1. The number of hydrogen-bond donors (Lipinski definition) is 1. The number of hydrogen-bond acceptors (Lipinski definition) is 4. The highest BCUT2D eigenvalue weighted by atomic mass is 32.2. The Hall–Kier alpha value is -1.17. The van der Waals surface area contributed by atoms with Gasteiger partial charge in [0, 0.05) is 11.4 Å². The maximum Gasteiger partial charge on any atom is 0.179 e. The third-order valence-electron chi connectivity index (χ3n) is 3.06. The maximum absolute atomic E-state index is 12.1. The molecule has 0 aliphatic heterocycles. The molecule has 0 fully saturated rings. The van der Waals surface area contributed by atoms with Crippen molar-refractivity contribution in [1.82, 2.24) is 5.32 Å². The Balaban J connectivity index is 1.76. The van der Waals surface area contributed by atoms with Crippen LogP contribution in [0.1, 0.15) is 10.4 Å². The topological polar surface area (TPSA) is 46.2 Å². The molecule has 1 N–H and O–H groups in total. The summed E-state index contributed by atoms with van der Waals surface area (Å²) in [4.78, 5) is 1.72. The van der Waals surface area contributed by atoms with Gasteiger partial charge in [-0.05, 0) is 43.5 Å². The van der Waals surface area contributed by atoms with Gasteiger partial charge < -0.3 is 5.32 Å². The van der Waals surface area contributed by atoms with Gasteiger partial charge in [0.15, 0.2) is 9.84 Å². The van der Waals surface area contributed by atoms with Gasteiger partial charge in [-0.2, -0.15) is 0 Å². The molecule has 0 amide bonds. The van der Waals surface area contributed by atoms with E-state index in [4.69, 9.17) is 0 Å². The molecule has 0 bridgehead atoms. The van der Waals surface area contributed by atoms with E-state index < -0.39 is 9.84 Å². The van der Waals surface area contributed by atoms with Crippen LogP contribution in [0.5, 0.6) is 0 Å². The zero-order chi connectivity index (χ0) is 14.4. The molecule has 0 atom stereocenters. The first kappa shape index (κ1) is 15.2. The average Bonchev–Trinajstić information content (AvgIpc) is 2.92. The number of aryl methyl sites for hydroxylation is 1. The molecule has 0 aliphatic carbocycles. The Morgan fingerprint density at radius 3 is 2.50 bits per heavy atom. The molecule has 3 nitrogen and oxygen atoms in total. The standard InChI is InChI=1S/C15H19NO2S2/c1-13-4-6-15(7-5-13)20(17,18)12-10-16-9-8-14-3-2-11-19-14/h2-7,11,16H,8-10,12H2,1H3. The molecule has 1 heterocycles. The second-order valence-corrected chi connectivity index (χ2v) is 7.85. The van der Waals surface area contributed by atoms with Gasteiger partial charge in [-0.15, -0.1) is 11.3 Å². The minimum atomic E-state index is -3.17. The van der Waals surface area contributed by atoms with Crippen LogP contribution in [0, 0.1) is 6.92 Å². The van der Waals surface area contributed by atoms with Crippen LogP contribution >= 0.6 is 11.3 Å². The molecule has 0 radical (unpaired) electrons. The maximum atomic E-state index is 12.1. The minimum absolute atomic E-state index is 0.139. The van der Waals surface area contributed by atoms with Crippen LogP contribution in [-0.4, -0.2) is 27.3 Å². The summed E-state index contributed by atoms with van der Waals surface area (Å²) in [6, 6.07) is 11.1. The van der Waals surface area contributed by atoms with Crippen molar-refractivity contribution in [2.24, 2.45) is 0 Å². The second kappa shape index (κ2) is 7.02. The molecule has 0 aliphatic rings. The molecule has 20 heavy (non-hydrogen) atoms. The molecular formula is C15H19NO2S2. The van der Waals surface area contributed by atoms with E-state index in [0.29, 0.717) is 11.4 Å². The zero-order valence-electron chi connectivity index (χ0n) is 11.5. The minimum Gasteiger partial charge on any atom is -0.315 e. The number of rotatable bonds is 7. The normalized spacial score (nSPS) is 11.7.